The van der Waals surface area contributed by atoms with Gasteiger partial charge in [0.2, 0.25) is 0 Å². The molecule has 1 atom stereocenters. The number of nitrogens with zero attached hydrogens (tertiary/aromatic N) is 4. The highest BCUT2D eigenvalue weighted by molar-refractivity contribution is 5.71. The maximum Gasteiger partial charge on any atom is 0.180 e. The van der Waals surface area contributed by atoms with E-state index >= 15 is 0 Å². The molecule has 0 unspecified atom stereocenters. The summed E-state index contributed by atoms with van der Waals surface area (Å²) in [7, 11) is 0. The molecule has 0 aliphatic carbocycles. The summed E-state index contributed by atoms with van der Waals surface area (Å²) in [6, 6.07) is 4.56. The minimum Gasteiger partial charge on any atom is -0.354 e. The fourth-order valence-corrected chi connectivity index (χ4v) is 2.45. The molecule has 0 spiro atoms. The van der Waals surface area contributed by atoms with E-state index in [0.717, 1.165) is 36.6 Å². The van der Waals surface area contributed by atoms with Gasteiger partial charge in [0, 0.05) is 38.1 Å². The van der Waals surface area contributed by atoms with E-state index in [2.05, 4.69) is 39.0 Å². The summed E-state index contributed by atoms with van der Waals surface area (Å²) in [5.74, 6) is 1.63. The third-order valence-electron chi connectivity index (χ3n) is 3.65. The lowest BCUT2D eigenvalue weighted by atomic mass is 10.0. The van der Waals surface area contributed by atoms with Gasteiger partial charge >= 0.3 is 0 Å². The predicted molar refractivity (Wildman–Crippen MR) is 76.2 cm³/mol. The highest BCUT2D eigenvalue weighted by atomic mass is 15.2. The van der Waals surface area contributed by atoms with Crippen molar-refractivity contribution < 1.29 is 0 Å². The van der Waals surface area contributed by atoms with Crippen LogP contribution in [-0.2, 0) is 0 Å². The SMILES string of the molecule is CC(C)[C@@H]1CN(c2ccc3nccnc3n2)CCN1. The number of pyridine rings is 1. The smallest absolute Gasteiger partial charge is 0.180 e. The number of piperazine rings is 1. The van der Waals surface area contributed by atoms with E-state index in [-0.39, 0.29) is 0 Å². The summed E-state index contributed by atoms with van der Waals surface area (Å²) < 4.78 is 0. The molecule has 0 amide bonds. The van der Waals surface area contributed by atoms with Gasteiger partial charge in [0.25, 0.3) is 0 Å². The van der Waals surface area contributed by atoms with Gasteiger partial charge in [0.1, 0.15) is 11.3 Å². The van der Waals surface area contributed by atoms with Crippen molar-refractivity contribution in [2.24, 2.45) is 5.92 Å². The van der Waals surface area contributed by atoms with Gasteiger partial charge in [0.05, 0.1) is 0 Å². The molecule has 1 aliphatic heterocycles. The molecule has 5 nitrogen and oxygen atoms in total. The quantitative estimate of drug-likeness (QED) is 0.882. The van der Waals surface area contributed by atoms with Crippen LogP contribution in [0.15, 0.2) is 24.5 Å². The molecule has 3 heterocycles. The van der Waals surface area contributed by atoms with Gasteiger partial charge in [-0.1, -0.05) is 13.8 Å². The van der Waals surface area contributed by atoms with Crippen molar-refractivity contribution in [2.75, 3.05) is 24.5 Å². The van der Waals surface area contributed by atoms with Gasteiger partial charge in [-0.25, -0.2) is 9.97 Å². The summed E-state index contributed by atoms with van der Waals surface area (Å²) in [6.45, 7) is 7.49. The van der Waals surface area contributed by atoms with Crippen molar-refractivity contribution in [3.63, 3.8) is 0 Å². The zero-order chi connectivity index (χ0) is 13.2. The molecule has 3 rings (SSSR count). The van der Waals surface area contributed by atoms with E-state index in [1.165, 1.54) is 0 Å². The number of hydrogen-bond donors (Lipinski definition) is 1. The molecule has 0 bridgehead atoms. The van der Waals surface area contributed by atoms with E-state index < -0.39 is 0 Å². The van der Waals surface area contributed by atoms with Crippen molar-refractivity contribution in [1.82, 2.24) is 20.3 Å². The zero-order valence-corrected chi connectivity index (χ0v) is 11.4. The Labute approximate surface area is 113 Å². The number of anilines is 1. The molecule has 1 aliphatic rings. The lowest BCUT2D eigenvalue weighted by molar-refractivity contribution is 0.367. The largest absolute Gasteiger partial charge is 0.354 e. The zero-order valence-electron chi connectivity index (χ0n) is 11.4. The fourth-order valence-electron chi connectivity index (χ4n) is 2.45. The summed E-state index contributed by atoms with van der Waals surface area (Å²) in [5, 5.41) is 3.56. The number of hydrogen-bond acceptors (Lipinski definition) is 5. The Morgan fingerprint density at radius 1 is 1.26 bits per heavy atom. The molecule has 5 heteroatoms. The lowest BCUT2D eigenvalue weighted by Crippen LogP contribution is -2.53. The summed E-state index contributed by atoms with van der Waals surface area (Å²) >= 11 is 0. The molecular weight excluding hydrogens is 238 g/mol. The van der Waals surface area contributed by atoms with Crippen LogP contribution < -0.4 is 10.2 Å². The predicted octanol–water partition coefficient (Wildman–Crippen LogP) is 1.46. The lowest BCUT2D eigenvalue weighted by Gasteiger charge is -2.36. The maximum absolute atomic E-state index is 4.62. The third kappa shape index (κ3) is 2.51. The van der Waals surface area contributed by atoms with E-state index in [0.29, 0.717) is 12.0 Å². The van der Waals surface area contributed by atoms with Crippen molar-refractivity contribution in [3.8, 4) is 0 Å². The average Bonchev–Trinajstić information content (AvgIpc) is 2.47. The van der Waals surface area contributed by atoms with Crippen molar-refractivity contribution in [1.29, 1.82) is 0 Å². The molecule has 0 saturated carbocycles. The van der Waals surface area contributed by atoms with Gasteiger partial charge in [-0.15, -0.1) is 0 Å². The Hall–Kier alpha value is -1.75. The van der Waals surface area contributed by atoms with Gasteiger partial charge in [-0.05, 0) is 18.1 Å². The fraction of sp³-hybridized carbons (Fsp3) is 0.500. The van der Waals surface area contributed by atoms with Gasteiger partial charge in [-0.3, -0.25) is 4.98 Å². The first kappa shape index (κ1) is 12.3. The molecular formula is C14H19N5. The van der Waals surface area contributed by atoms with Crippen LogP contribution in [0, 0.1) is 5.92 Å². The van der Waals surface area contributed by atoms with Crippen molar-refractivity contribution in [2.45, 2.75) is 19.9 Å². The van der Waals surface area contributed by atoms with Crippen LogP contribution in [0.4, 0.5) is 5.82 Å². The molecule has 0 radical (unpaired) electrons. The van der Waals surface area contributed by atoms with Gasteiger partial charge in [0.15, 0.2) is 5.65 Å². The van der Waals surface area contributed by atoms with Crippen LogP contribution in [0.3, 0.4) is 0 Å². The molecule has 2 aromatic rings. The van der Waals surface area contributed by atoms with Crippen molar-refractivity contribution >= 4 is 17.0 Å². The van der Waals surface area contributed by atoms with Crippen molar-refractivity contribution in [3.05, 3.63) is 24.5 Å². The van der Waals surface area contributed by atoms with E-state index in [9.17, 15) is 0 Å². The maximum atomic E-state index is 4.62. The van der Waals surface area contributed by atoms with E-state index in [4.69, 9.17) is 0 Å². The van der Waals surface area contributed by atoms with Gasteiger partial charge < -0.3 is 10.2 Å². The first-order valence-corrected chi connectivity index (χ1v) is 6.80. The second-order valence-corrected chi connectivity index (χ2v) is 5.32. The Kier molecular flexibility index (Phi) is 3.29. The number of rotatable bonds is 2. The summed E-state index contributed by atoms with van der Waals surface area (Å²) in [4.78, 5) is 15.5. The van der Waals surface area contributed by atoms with Crippen LogP contribution in [0.5, 0.6) is 0 Å². The van der Waals surface area contributed by atoms with Crippen LogP contribution in [-0.4, -0.2) is 40.6 Å². The van der Waals surface area contributed by atoms with Gasteiger partial charge in [-0.2, -0.15) is 0 Å². The number of fused-ring (bicyclic) bond motifs is 1. The summed E-state index contributed by atoms with van der Waals surface area (Å²) in [5.41, 5.74) is 1.57. The molecule has 100 valence electrons. The van der Waals surface area contributed by atoms with E-state index in [1.54, 1.807) is 12.4 Å². The average molecular weight is 257 g/mol. The normalized spacial score (nSPS) is 20.2. The highest BCUT2D eigenvalue weighted by Gasteiger charge is 2.22. The van der Waals surface area contributed by atoms with E-state index in [1.807, 2.05) is 12.1 Å². The second-order valence-electron chi connectivity index (χ2n) is 5.32. The van der Waals surface area contributed by atoms with Crippen LogP contribution in [0.25, 0.3) is 11.2 Å². The number of nitrogens with one attached hydrogen (secondary N) is 1. The topological polar surface area (TPSA) is 53.9 Å². The monoisotopic (exact) mass is 257 g/mol. The first-order chi connectivity index (χ1) is 9.24. The first-order valence-electron chi connectivity index (χ1n) is 6.80. The molecule has 2 aromatic heterocycles. The number of aromatic nitrogens is 3. The molecule has 19 heavy (non-hydrogen) atoms. The summed E-state index contributed by atoms with van der Waals surface area (Å²) in [6.07, 6.45) is 3.39. The van der Waals surface area contributed by atoms with Crippen LogP contribution in [0.2, 0.25) is 0 Å². The molecule has 0 aromatic carbocycles. The highest BCUT2D eigenvalue weighted by Crippen LogP contribution is 2.18. The Morgan fingerprint density at radius 3 is 2.95 bits per heavy atom. The Morgan fingerprint density at radius 2 is 2.11 bits per heavy atom. The molecule has 1 N–H and O–H groups in total. The Bertz CT molecular complexity index is 569. The second kappa shape index (κ2) is 5.09. The minimum atomic E-state index is 0.521. The van der Waals surface area contributed by atoms with Crippen LogP contribution in [0.1, 0.15) is 13.8 Å². The Balaban J connectivity index is 1.87. The standard InChI is InChI=1S/C14H19N5/c1-10(2)12-9-19(8-7-16-12)13-4-3-11-14(18-13)17-6-5-15-11/h3-6,10,12,16H,7-9H2,1-2H3/t12-/m0/s1. The third-order valence-corrected chi connectivity index (χ3v) is 3.65. The minimum absolute atomic E-state index is 0.521. The molecule has 1 saturated heterocycles. The molecule has 1 fully saturated rings. The van der Waals surface area contributed by atoms with Crippen LogP contribution >= 0.6 is 0 Å².